The Bertz CT molecular complexity index is 333. The Morgan fingerprint density at radius 3 is 2.56 bits per heavy atom. The Hall–Kier alpha value is -0.530. The van der Waals surface area contributed by atoms with E-state index in [9.17, 15) is 0 Å². The van der Waals surface area contributed by atoms with Crippen LogP contribution in [0.4, 0.5) is 0 Å². The molecule has 0 radical (unpaired) electrons. The molecule has 0 aromatic heterocycles. The van der Waals surface area contributed by atoms with Crippen molar-refractivity contribution < 1.29 is 0 Å². The van der Waals surface area contributed by atoms with E-state index < -0.39 is 0 Å². The fraction of sp³-hybridized carbons (Fsp3) is 0.571. The van der Waals surface area contributed by atoms with Gasteiger partial charge in [-0.3, -0.25) is 0 Å². The Kier molecular flexibility index (Phi) is 3.88. The number of nitrogens with one attached hydrogen (secondary N) is 1. The SMILES string of the molecule is CCCNC1CC(c2ccc(Cl)cc2)C1C. The molecule has 1 aliphatic rings. The maximum Gasteiger partial charge on any atom is 0.0406 e. The summed E-state index contributed by atoms with van der Waals surface area (Å²) in [4.78, 5) is 0. The van der Waals surface area contributed by atoms with E-state index in [2.05, 4.69) is 31.3 Å². The fourth-order valence-corrected chi connectivity index (χ4v) is 2.66. The molecule has 1 saturated carbocycles. The molecule has 0 heterocycles. The molecule has 1 N–H and O–H groups in total. The zero-order valence-corrected chi connectivity index (χ0v) is 10.8. The number of benzene rings is 1. The minimum absolute atomic E-state index is 0.709. The van der Waals surface area contributed by atoms with Crippen LogP contribution in [0.2, 0.25) is 5.02 Å². The molecule has 0 bridgehead atoms. The largest absolute Gasteiger partial charge is 0.314 e. The molecule has 2 heteroatoms. The van der Waals surface area contributed by atoms with Crippen LogP contribution in [-0.4, -0.2) is 12.6 Å². The third kappa shape index (κ3) is 2.41. The first-order valence-electron chi connectivity index (χ1n) is 6.21. The second-order valence-electron chi connectivity index (χ2n) is 4.81. The van der Waals surface area contributed by atoms with Crippen LogP contribution in [0.3, 0.4) is 0 Å². The molecular formula is C14H20ClN. The second-order valence-corrected chi connectivity index (χ2v) is 5.25. The quantitative estimate of drug-likeness (QED) is 0.839. The van der Waals surface area contributed by atoms with Crippen molar-refractivity contribution in [2.24, 2.45) is 5.92 Å². The van der Waals surface area contributed by atoms with E-state index in [1.165, 1.54) is 18.4 Å². The summed E-state index contributed by atoms with van der Waals surface area (Å²) in [5, 5.41) is 4.43. The molecule has 0 spiro atoms. The first-order valence-corrected chi connectivity index (χ1v) is 6.59. The molecule has 3 atom stereocenters. The van der Waals surface area contributed by atoms with Crippen LogP contribution in [0.5, 0.6) is 0 Å². The molecule has 0 aliphatic heterocycles. The highest BCUT2D eigenvalue weighted by Crippen LogP contribution is 2.42. The van der Waals surface area contributed by atoms with Crippen molar-refractivity contribution in [3.8, 4) is 0 Å². The predicted octanol–water partition coefficient (Wildman–Crippen LogP) is 3.83. The van der Waals surface area contributed by atoms with Crippen LogP contribution in [0.25, 0.3) is 0 Å². The average molecular weight is 238 g/mol. The van der Waals surface area contributed by atoms with E-state index in [1.807, 2.05) is 12.1 Å². The fourth-order valence-electron chi connectivity index (χ4n) is 2.54. The van der Waals surface area contributed by atoms with Crippen molar-refractivity contribution in [2.75, 3.05) is 6.54 Å². The zero-order chi connectivity index (χ0) is 11.5. The molecule has 1 nitrogen and oxygen atoms in total. The van der Waals surface area contributed by atoms with E-state index in [1.54, 1.807) is 0 Å². The van der Waals surface area contributed by atoms with Crippen molar-refractivity contribution in [1.29, 1.82) is 0 Å². The van der Waals surface area contributed by atoms with Crippen LogP contribution in [0.1, 0.15) is 38.2 Å². The molecule has 3 unspecified atom stereocenters. The Labute approximate surface area is 103 Å². The molecule has 1 aromatic rings. The van der Waals surface area contributed by atoms with Crippen LogP contribution in [0.15, 0.2) is 24.3 Å². The predicted molar refractivity (Wildman–Crippen MR) is 70.1 cm³/mol. The van der Waals surface area contributed by atoms with E-state index in [0.29, 0.717) is 12.0 Å². The van der Waals surface area contributed by atoms with Crippen molar-refractivity contribution in [1.82, 2.24) is 5.32 Å². The number of halogens is 1. The van der Waals surface area contributed by atoms with E-state index in [4.69, 9.17) is 11.6 Å². The highest BCUT2D eigenvalue weighted by Gasteiger charge is 2.37. The number of rotatable bonds is 4. The van der Waals surface area contributed by atoms with Crippen molar-refractivity contribution in [3.63, 3.8) is 0 Å². The van der Waals surface area contributed by atoms with Gasteiger partial charge in [-0.1, -0.05) is 37.6 Å². The summed E-state index contributed by atoms with van der Waals surface area (Å²) in [6, 6.07) is 9.03. The lowest BCUT2D eigenvalue weighted by Gasteiger charge is -2.43. The van der Waals surface area contributed by atoms with Gasteiger partial charge in [0.2, 0.25) is 0 Å². The Morgan fingerprint density at radius 1 is 1.31 bits per heavy atom. The molecular weight excluding hydrogens is 218 g/mol. The summed E-state index contributed by atoms with van der Waals surface area (Å²) in [5.41, 5.74) is 1.44. The summed E-state index contributed by atoms with van der Waals surface area (Å²) in [6.07, 6.45) is 2.48. The lowest BCUT2D eigenvalue weighted by atomic mass is 9.67. The lowest BCUT2D eigenvalue weighted by molar-refractivity contribution is 0.185. The van der Waals surface area contributed by atoms with Gasteiger partial charge in [-0.05, 0) is 48.9 Å². The first-order chi connectivity index (χ1) is 7.72. The molecule has 16 heavy (non-hydrogen) atoms. The van der Waals surface area contributed by atoms with Gasteiger partial charge >= 0.3 is 0 Å². The Morgan fingerprint density at radius 2 is 2.00 bits per heavy atom. The minimum Gasteiger partial charge on any atom is -0.314 e. The molecule has 1 aliphatic carbocycles. The first kappa shape index (κ1) is 11.9. The Balaban J connectivity index is 1.92. The number of hydrogen-bond acceptors (Lipinski definition) is 1. The highest BCUT2D eigenvalue weighted by molar-refractivity contribution is 6.30. The van der Waals surface area contributed by atoms with Gasteiger partial charge in [0.15, 0.2) is 0 Å². The summed E-state index contributed by atoms with van der Waals surface area (Å²) in [7, 11) is 0. The standard InChI is InChI=1S/C14H20ClN/c1-3-8-16-14-9-13(10(14)2)11-4-6-12(15)7-5-11/h4-7,10,13-14,16H,3,8-9H2,1-2H3. The summed E-state index contributed by atoms with van der Waals surface area (Å²) >= 11 is 5.90. The molecule has 1 aromatic carbocycles. The van der Waals surface area contributed by atoms with Gasteiger partial charge in [0, 0.05) is 11.1 Å². The van der Waals surface area contributed by atoms with E-state index in [-0.39, 0.29) is 0 Å². The molecule has 2 rings (SSSR count). The summed E-state index contributed by atoms with van der Waals surface area (Å²) < 4.78 is 0. The van der Waals surface area contributed by atoms with Gasteiger partial charge in [-0.25, -0.2) is 0 Å². The third-order valence-electron chi connectivity index (χ3n) is 3.73. The third-order valence-corrected chi connectivity index (χ3v) is 3.98. The van der Waals surface area contributed by atoms with Gasteiger partial charge in [0.05, 0.1) is 0 Å². The van der Waals surface area contributed by atoms with E-state index in [0.717, 1.165) is 17.5 Å². The van der Waals surface area contributed by atoms with Gasteiger partial charge in [-0.15, -0.1) is 0 Å². The van der Waals surface area contributed by atoms with Gasteiger partial charge in [-0.2, -0.15) is 0 Å². The normalized spacial score (nSPS) is 28.8. The highest BCUT2D eigenvalue weighted by atomic mass is 35.5. The summed E-state index contributed by atoms with van der Waals surface area (Å²) in [5.74, 6) is 1.46. The monoisotopic (exact) mass is 237 g/mol. The minimum atomic E-state index is 0.709. The maximum absolute atomic E-state index is 5.90. The zero-order valence-electron chi connectivity index (χ0n) is 10.0. The average Bonchev–Trinajstić information content (AvgIpc) is 2.30. The molecule has 0 saturated heterocycles. The van der Waals surface area contributed by atoms with Gasteiger partial charge in [0.25, 0.3) is 0 Å². The molecule has 1 fully saturated rings. The molecule has 88 valence electrons. The van der Waals surface area contributed by atoms with Crippen molar-refractivity contribution >= 4 is 11.6 Å². The second kappa shape index (κ2) is 5.20. The summed E-state index contributed by atoms with van der Waals surface area (Å²) in [6.45, 7) is 5.70. The maximum atomic E-state index is 5.90. The van der Waals surface area contributed by atoms with Crippen LogP contribution in [0, 0.1) is 5.92 Å². The van der Waals surface area contributed by atoms with Crippen LogP contribution in [-0.2, 0) is 0 Å². The van der Waals surface area contributed by atoms with Crippen LogP contribution < -0.4 is 5.32 Å². The topological polar surface area (TPSA) is 12.0 Å². The van der Waals surface area contributed by atoms with Crippen molar-refractivity contribution in [2.45, 2.75) is 38.6 Å². The van der Waals surface area contributed by atoms with Crippen molar-refractivity contribution in [3.05, 3.63) is 34.9 Å². The van der Waals surface area contributed by atoms with Crippen LogP contribution >= 0.6 is 11.6 Å². The molecule has 0 amide bonds. The van der Waals surface area contributed by atoms with E-state index >= 15 is 0 Å². The smallest absolute Gasteiger partial charge is 0.0406 e. The lowest BCUT2D eigenvalue weighted by Crippen LogP contribution is -2.48. The number of hydrogen-bond donors (Lipinski definition) is 1. The van der Waals surface area contributed by atoms with Gasteiger partial charge in [0.1, 0.15) is 0 Å². The van der Waals surface area contributed by atoms with Gasteiger partial charge < -0.3 is 5.32 Å².